The van der Waals surface area contributed by atoms with Gasteiger partial charge in [-0.25, -0.2) is 0 Å². The highest BCUT2D eigenvalue weighted by Gasteiger charge is 2.30. The van der Waals surface area contributed by atoms with Gasteiger partial charge in [0, 0.05) is 17.8 Å². The fraction of sp³-hybridized carbons (Fsp3) is 0.120. The van der Waals surface area contributed by atoms with Gasteiger partial charge in [-0.1, -0.05) is 24.3 Å². The molecule has 8 nitrogen and oxygen atoms in total. The van der Waals surface area contributed by atoms with E-state index in [2.05, 4.69) is 5.32 Å². The number of methoxy groups -OCH3 is 1. The second-order valence-corrected chi connectivity index (χ2v) is 7.33. The van der Waals surface area contributed by atoms with Gasteiger partial charge in [0.2, 0.25) is 0 Å². The van der Waals surface area contributed by atoms with Gasteiger partial charge in [-0.2, -0.15) is 18.4 Å². The van der Waals surface area contributed by atoms with Gasteiger partial charge in [0.15, 0.2) is 11.5 Å². The molecule has 0 unspecified atom stereocenters. The van der Waals surface area contributed by atoms with Gasteiger partial charge < -0.3 is 14.8 Å². The lowest BCUT2D eigenvalue weighted by Gasteiger charge is -2.12. The Balaban J connectivity index is 1.76. The van der Waals surface area contributed by atoms with Crippen molar-refractivity contribution in [2.75, 3.05) is 12.4 Å². The predicted octanol–water partition coefficient (Wildman–Crippen LogP) is 5.75. The predicted molar refractivity (Wildman–Crippen MR) is 124 cm³/mol. The van der Waals surface area contributed by atoms with E-state index in [1.165, 1.54) is 49.6 Å². The highest BCUT2D eigenvalue weighted by atomic mass is 19.4. The molecule has 0 bridgehead atoms. The van der Waals surface area contributed by atoms with Crippen molar-refractivity contribution in [3.63, 3.8) is 0 Å². The van der Waals surface area contributed by atoms with Crippen LogP contribution in [0.4, 0.5) is 24.5 Å². The second kappa shape index (κ2) is 11.1. The Hall–Kier alpha value is -4.85. The number of hydrogen-bond donors (Lipinski definition) is 1. The van der Waals surface area contributed by atoms with Gasteiger partial charge in [-0.3, -0.25) is 14.9 Å². The van der Waals surface area contributed by atoms with Crippen molar-refractivity contribution in [3.8, 4) is 17.6 Å². The molecular formula is C25H18F3N3O5. The number of nitriles is 1. The monoisotopic (exact) mass is 497 g/mol. The molecule has 0 aliphatic carbocycles. The van der Waals surface area contributed by atoms with Gasteiger partial charge in [0.25, 0.3) is 11.6 Å². The van der Waals surface area contributed by atoms with Gasteiger partial charge in [-0.05, 0) is 47.5 Å². The van der Waals surface area contributed by atoms with E-state index in [4.69, 9.17) is 9.47 Å². The zero-order valence-electron chi connectivity index (χ0n) is 18.7. The Morgan fingerprint density at radius 1 is 1.11 bits per heavy atom. The molecule has 3 aromatic rings. The van der Waals surface area contributed by atoms with E-state index < -0.39 is 22.6 Å². The third-order valence-corrected chi connectivity index (χ3v) is 4.83. The summed E-state index contributed by atoms with van der Waals surface area (Å²) in [6.07, 6.45) is -3.33. The number of halogens is 3. The molecule has 3 aromatic carbocycles. The molecule has 1 N–H and O–H groups in total. The standard InChI is InChI=1S/C25H18F3N3O5/c1-35-23-12-16(8-9-22(23)36-15-17-4-2-7-21(11-17)31(33)34)10-18(14-29)24(32)30-20-6-3-5-19(13-20)25(26,27)28/h2-13H,15H2,1H3,(H,30,32)/b18-10+. The summed E-state index contributed by atoms with van der Waals surface area (Å²) in [7, 11) is 1.38. The molecule has 0 spiro atoms. The van der Waals surface area contributed by atoms with Crippen LogP contribution < -0.4 is 14.8 Å². The van der Waals surface area contributed by atoms with E-state index in [1.807, 2.05) is 0 Å². The first-order valence-electron chi connectivity index (χ1n) is 10.3. The number of anilines is 1. The van der Waals surface area contributed by atoms with Crippen molar-refractivity contribution in [2.24, 2.45) is 0 Å². The minimum Gasteiger partial charge on any atom is -0.493 e. The number of nitro benzene ring substituents is 1. The number of amides is 1. The van der Waals surface area contributed by atoms with Crippen molar-refractivity contribution in [1.82, 2.24) is 0 Å². The van der Waals surface area contributed by atoms with Crippen LogP contribution in [0.1, 0.15) is 16.7 Å². The maximum atomic E-state index is 12.9. The largest absolute Gasteiger partial charge is 0.493 e. The van der Waals surface area contributed by atoms with Crippen LogP contribution >= 0.6 is 0 Å². The highest BCUT2D eigenvalue weighted by Crippen LogP contribution is 2.32. The minimum atomic E-state index is -4.58. The Bertz CT molecular complexity index is 1360. The van der Waals surface area contributed by atoms with Gasteiger partial charge in [0.05, 0.1) is 17.6 Å². The number of ether oxygens (including phenoxy) is 2. The van der Waals surface area contributed by atoms with Crippen LogP contribution in [0.25, 0.3) is 6.08 Å². The molecule has 0 radical (unpaired) electrons. The smallest absolute Gasteiger partial charge is 0.416 e. The number of benzene rings is 3. The van der Waals surface area contributed by atoms with E-state index in [0.717, 1.165) is 18.2 Å². The molecule has 1 amide bonds. The lowest BCUT2D eigenvalue weighted by atomic mass is 10.1. The van der Waals surface area contributed by atoms with Crippen LogP contribution in [0, 0.1) is 21.4 Å². The third-order valence-electron chi connectivity index (χ3n) is 4.83. The van der Waals surface area contributed by atoms with E-state index >= 15 is 0 Å². The molecule has 0 saturated heterocycles. The Kier molecular flexibility index (Phi) is 7.91. The summed E-state index contributed by atoms with van der Waals surface area (Å²) in [5.74, 6) is -0.306. The SMILES string of the molecule is COc1cc(/C=C(\C#N)C(=O)Nc2cccc(C(F)(F)F)c2)ccc1OCc1cccc([N+](=O)[O-])c1. The molecule has 0 aliphatic heterocycles. The molecule has 0 aromatic heterocycles. The average molecular weight is 497 g/mol. The number of non-ortho nitro benzene ring substituents is 1. The van der Waals surface area contributed by atoms with E-state index in [0.29, 0.717) is 16.9 Å². The van der Waals surface area contributed by atoms with E-state index in [1.54, 1.807) is 18.2 Å². The van der Waals surface area contributed by atoms with Crippen molar-refractivity contribution in [3.05, 3.63) is 99.1 Å². The summed E-state index contributed by atoms with van der Waals surface area (Å²) < 4.78 is 49.7. The van der Waals surface area contributed by atoms with Crippen molar-refractivity contribution in [2.45, 2.75) is 12.8 Å². The molecule has 0 aliphatic rings. The third kappa shape index (κ3) is 6.60. The number of nitrogens with one attached hydrogen (secondary N) is 1. The summed E-state index contributed by atoms with van der Waals surface area (Å²) in [4.78, 5) is 22.9. The molecule has 0 saturated carbocycles. The maximum Gasteiger partial charge on any atom is 0.416 e. The van der Waals surface area contributed by atoms with E-state index in [9.17, 15) is 33.3 Å². The number of nitrogens with zero attached hydrogens (tertiary/aromatic N) is 2. The lowest BCUT2D eigenvalue weighted by molar-refractivity contribution is -0.384. The minimum absolute atomic E-state index is 0.0239. The number of alkyl halides is 3. The zero-order valence-corrected chi connectivity index (χ0v) is 18.7. The molecular weight excluding hydrogens is 479 g/mol. The average Bonchev–Trinajstić information content (AvgIpc) is 2.86. The Labute approximate surface area is 203 Å². The van der Waals surface area contributed by atoms with E-state index in [-0.39, 0.29) is 29.3 Å². The van der Waals surface area contributed by atoms with Gasteiger partial charge in [-0.15, -0.1) is 0 Å². The first-order valence-corrected chi connectivity index (χ1v) is 10.3. The summed E-state index contributed by atoms with van der Waals surface area (Å²) in [5, 5.41) is 22.6. The van der Waals surface area contributed by atoms with Crippen molar-refractivity contribution in [1.29, 1.82) is 5.26 Å². The number of hydrogen-bond acceptors (Lipinski definition) is 6. The molecule has 11 heteroatoms. The zero-order chi connectivity index (χ0) is 26.3. The topological polar surface area (TPSA) is 114 Å². The molecule has 184 valence electrons. The quantitative estimate of drug-likeness (QED) is 0.184. The number of carbonyl (C=O) groups is 1. The van der Waals surface area contributed by atoms with Crippen LogP contribution in [0.2, 0.25) is 0 Å². The molecule has 0 fully saturated rings. The first kappa shape index (κ1) is 25.8. The molecule has 36 heavy (non-hydrogen) atoms. The highest BCUT2D eigenvalue weighted by molar-refractivity contribution is 6.09. The normalized spacial score (nSPS) is 11.4. The summed E-state index contributed by atoms with van der Waals surface area (Å²) in [6, 6.07) is 16.3. The fourth-order valence-electron chi connectivity index (χ4n) is 3.10. The summed E-state index contributed by atoms with van der Waals surface area (Å²) >= 11 is 0. The second-order valence-electron chi connectivity index (χ2n) is 7.33. The first-order chi connectivity index (χ1) is 17.1. The molecule has 0 atom stereocenters. The van der Waals surface area contributed by atoms with Crippen LogP contribution in [0.5, 0.6) is 11.5 Å². The number of nitro groups is 1. The van der Waals surface area contributed by atoms with Gasteiger partial charge in [0.1, 0.15) is 18.2 Å². The van der Waals surface area contributed by atoms with Crippen LogP contribution in [-0.2, 0) is 17.6 Å². The number of rotatable bonds is 8. The van der Waals surface area contributed by atoms with Crippen molar-refractivity contribution < 1.29 is 32.4 Å². The van der Waals surface area contributed by atoms with Gasteiger partial charge >= 0.3 is 6.18 Å². The molecule has 3 rings (SSSR count). The molecule has 0 heterocycles. The number of carbonyl (C=O) groups excluding carboxylic acids is 1. The van der Waals surface area contributed by atoms with Crippen molar-refractivity contribution >= 4 is 23.4 Å². The van der Waals surface area contributed by atoms with Crippen LogP contribution in [0.3, 0.4) is 0 Å². The maximum absolute atomic E-state index is 12.9. The summed E-state index contributed by atoms with van der Waals surface area (Å²) in [6.45, 7) is 0.0239. The van der Waals surface area contributed by atoms with Crippen LogP contribution in [0.15, 0.2) is 72.3 Å². The summed E-state index contributed by atoms with van der Waals surface area (Å²) in [5.41, 5.74) is -0.513. The lowest BCUT2D eigenvalue weighted by Crippen LogP contribution is -2.14. The Morgan fingerprint density at radius 3 is 2.53 bits per heavy atom. The fourth-order valence-corrected chi connectivity index (χ4v) is 3.10. The van der Waals surface area contributed by atoms with Crippen LogP contribution in [-0.4, -0.2) is 17.9 Å². The Morgan fingerprint density at radius 2 is 1.86 bits per heavy atom.